The zero-order valence-corrected chi connectivity index (χ0v) is 11.9. The lowest BCUT2D eigenvalue weighted by Gasteiger charge is -2.32. The first-order valence-corrected chi connectivity index (χ1v) is 6.62. The fourth-order valence-corrected chi connectivity index (χ4v) is 2.34. The van der Waals surface area contributed by atoms with E-state index >= 15 is 0 Å². The Bertz CT molecular complexity index is 363. The molecule has 3 atom stereocenters. The van der Waals surface area contributed by atoms with Crippen molar-refractivity contribution in [3.05, 3.63) is 35.4 Å². The van der Waals surface area contributed by atoms with Gasteiger partial charge in [0.15, 0.2) is 0 Å². The van der Waals surface area contributed by atoms with Crippen molar-refractivity contribution >= 4 is 0 Å². The first-order chi connectivity index (χ1) is 8.41. The Morgan fingerprint density at radius 3 is 2.50 bits per heavy atom. The van der Waals surface area contributed by atoms with Gasteiger partial charge < -0.3 is 10.8 Å². The number of hydrogen-bond donors (Lipinski definition) is 2. The highest BCUT2D eigenvalue weighted by Gasteiger charge is 2.21. The van der Waals surface area contributed by atoms with Crippen LogP contribution < -0.4 is 5.73 Å². The van der Waals surface area contributed by atoms with E-state index in [0.29, 0.717) is 0 Å². The molecule has 3 unspecified atom stereocenters. The number of likely N-dealkylation sites (N-methyl/N-ethyl adjacent to an activating group) is 1. The van der Waals surface area contributed by atoms with E-state index in [1.165, 1.54) is 11.1 Å². The Hall–Kier alpha value is -0.900. The highest BCUT2D eigenvalue weighted by atomic mass is 16.3. The topological polar surface area (TPSA) is 49.5 Å². The van der Waals surface area contributed by atoms with Gasteiger partial charge in [0.25, 0.3) is 0 Å². The Balaban J connectivity index is 2.82. The van der Waals surface area contributed by atoms with Crippen molar-refractivity contribution in [2.24, 2.45) is 5.73 Å². The molecule has 3 nitrogen and oxygen atoms in total. The Labute approximate surface area is 111 Å². The van der Waals surface area contributed by atoms with Crippen LogP contribution in [-0.2, 0) is 0 Å². The molecule has 0 saturated carbocycles. The summed E-state index contributed by atoms with van der Waals surface area (Å²) in [6.07, 6.45) is 0.504. The van der Waals surface area contributed by atoms with Gasteiger partial charge >= 0.3 is 0 Å². The van der Waals surface area contributed by atoms with Crippen molar-refractivity contribution in [1.82, 2.24) is 4.90 Å². The maximum atomic E-state index is 9.38. The minimum absolute atomic E-state index is 0.0609. The van der Waals surface area contributed by atoms with Crippen LogP contribution in [0.15, 0.2) is 24.3 Å². The van der Waals surface area contributed by atoms with Crippen molar-refractivity contribution in [3.8, 4) is 0 Å². The Kier molecular flexibility index (Phi) is 5.79. The van der Waals surface area contributed by atoms with E-state index in [1.54, 1.807) is 0 Å². The van der Waals surface area contributed by atoms with E-state index < -0.39 is 0 Å². The molecule has 1 rings (SSSR count). The van der Waals surface area contributed by atoms with Crippen LogP contribution in [0, 0.1) is 6.92 Å². The van der Waals surface area contributed by atoms with E-state index in [1.807, 2.05) is 13.8 Å². The molecule has 1 aromatic carbocycles. The summed E-state index contributed by atoms with van der Waals surface area (Å²) < 4.78 is 0. The van der Waals surface area contributed by atoms with Gasteiger partial charge in [0.1, 0.15) is 0 Å². The normalized spacial score (nSPS) is 16.6. The highest BCUT2D eigenvalue weighted by molar-refractivity contribution is 5.26. The third-order valence-electron chi connectivity index (χ3n) is 3.26. The second kappa shape index (κ2) is 6.88. The van der Waals surface area contributed by atoms with E-state index in [0.717, 1.165) is 13.0 Å². The molecule has 0 aliphatic rings. The van der Waals surface area contributed by atoms with Gasteiger partial charge in [0.05, 0.1) is 6.10 Å². The number of benzene rings is 1. The molecule has 3 N–H and O–H groups in total. The maximum Gasteiger partial charge on any atom is 0.0524 e. The molecule has 0 fully saturated rings. The van der Waals surface area contributed by atoms with E-state index in [-0.39, 0.29) is 18.2 Å². The lowest BCUT2D eigenvalue weighted by molar-refractivity contribution is 0.143. The first-order valence-electron chi connectivity index (χ1n) is 6.62. The summed E-state index contributed by atoms with van der Waals surface area (Å²) in [5, 5.41) is 9.38. The second-order valence-corrected chi connectivity index (χ2v) is 5.34. The number of hydrogen-bond acceptors (Lipinski definition) is 3. The molecule has 0 spiro atoms. The maximum absolute atomic E-state index is 9.38. The summed E-state index contributed by atoms with van der Waals surface area (Å²) in [4.78, 5) is 2.23. The minimum Gasteiger partial charge on any atom is -0.393 e. The molecule has 0 aliphatic heterocycles. The van der Waals surface area contributed by atoms with Gasteiger partial charge in [0, 0.05) is 18.6 Å². The zero-order valence-electron chi connectivity index (χ0n) is 11.9. The van der Waals surface area contributed by atoms with Crippen LogP contribution in [0.25, 0.3) is 0 Å². The van der Waals surface area contributed by atoms with Gasteiger partial charge in [-0.3, -0.25) is 4.90 Å². The monoisotopic (exact) mass is 250 g/mol. The van der Waals surface area contributed by atoms with Crippen LogP contribution in [0.1, 0.15) is 37.4 Å². The molecule has 102 valence electrons. The Morgan fingerprint density at radius 1 is 1.33 bits per heavy atom. The van der Waals surface area contributed by atoms with Crippen molar-refractivity contribution in [3.63, 3.8) is 0 Å². The van der Waals surface area contributed by atoms with Crippen LogP contribution in [0.3, 0.4) is 0 Å². The largest absolute Gasteiger partial charge is 0.393 e. The first kappa shape index (κ1) is 15.2. The van der Waals surface area contributed by atoms with Crippen molar-refractivity contribution in [2.45, 2.75) is 45.4 Å². The molecule has 0 bridgehead atoms. The van der Waals surface area contributed by atoms with E-state index in [9.17, 15) is 5.11 Å². The summed E-state index contributed by atoms with van der Waals surface area (Å²) >= 11 is 0. The minimum atomic E-state index is -0.265. The second-order valence-electron chi connectivity index (χ2n) is 5.34. The third-order valence-corrected chi connectivity index (χ3v) is 3.26. The van der Waals surface area contributed by atoms with Crippen LogP contribution >= 0.6 is 0 Å². The molecule has 0 aliphatic carbocycles. The summed E-state index contributed by atoms with van der Waals surface area (Å²) in [6.45, 7) is 6.79. The molecule has 18 heavy (non-hydrogen) atoms. The summed E-state index contributed by atoms with van der Waals surface area (Å²) in [6, 6.07) is 8.74. The van der Waals surface area contributed by atoms with Gasteiger partial charge in [-0.05, 0) is 39.8 Å². The molecule has 0 aromatic heterocycles. The van der Waals surface area contributed by atoms with Gasteiger partial charge in [-0.15, -0.1) is 0 Å². The number of aliphatic hydroxyl groups is 1. The molecule has 0 heterocycles. The molecule has 0 radical (unpaired) electrons. The van der Waals surface area contributed by atoms with E-state index in [4.69, 9.17) is 5.73 Å². The van der Waals surface area contributed by atoms with Crippen LogP contribution in [-0.4, -0.2) is 35.7 Å². The van der Waals surface area contributed by atoms with Gasteiger partial charge in [-0.25, -0.2) is 0 Å². The average molecular weight is 250 g/mol. The average Bonchev–Trinajstić information content (AvgIpc) is 2.26. The fraction of sp³-hybridized carbons (Fsp3) is 0.600. The number of nitrogens with two attached hydrogens (primary N) is 1. The highest BCUT2D eigenvalue weighted by Crippen LogP contribution is 2.23. The molecule has 0 saturated heterocycles. The van der Waals surface area contributed by atoms with Crippen LogP contribution in [0.2, 0.25) is 0 Å². The van der Waals surface area contributed by atoms with Crippen molar-refractivity contribution in [2.75, 3.05) is 13.6 Å². The van der Waals surface area contributed by atoms with Crippen LogP contribution in [0.5, 0.6) is 0 Å². The lowest BCUT2D eigenvalue weighted by Crippen LogP contribution is -2.38. The predicted molar refractivity (Wildman–Crippen MR) is 76.5 cm³/mol. The number of aryl methyl sites for hydroxylation is 1. The molecular weight excluding hydrogens is 224 g/mol. The van der Waals surface area contributed by atoms with Crippen molar-refractivity contribution < 1.29 is 5.11 Å². The number of nitrogens with zero attached hydrogens (tertiary/aromatic N) is 1. The molecule has 0 amide bonds. The molecule has 1 aromatic rings. The summed E-state index contributed by atoms with van der Waals surface area (Å²) in [7, 11) is 2.07. The lowest BCUT2D eigenvalue weighted by atomic mass is 9.97. The third kappa shape index (κ3) is 4.41. The standard InChI is InChI=1S/C15H26N2O/c1-11-6-5-7-14(10-11)15(13(3)16)17(4)9-8-12(2)18/h5-7,10,12-13,15,18H,8-9,16H2,1-4H3. The predicted octanol–water partition coefficient (Wildman–Crippen LogP) is 2.09. The smallest absolute Gasteiger partial charge is 0.0524 e. The van der Waals surface area contributed by atoms with Gasteiger partial charge in [-0.2, -0.15) is 0 Å². The zero-order chi connectivity index (χ0) is 13.7. The quantitative estimate of drug-likeness (QED) is 0.813. The van der Waals surface area contributed by atoms with Crippen molar-refractivity contribution in [1.29, 1.82) is 0 Å². The molecule has 3 heteroatoms. The van der Waals surface area contributed by atoms with E-state index in [2.05, 4.69) is 43.1 Å². The fourth-order valence-electron chi connectivity index (χ4n) is 2.34. The summed E-state index contributed by atoms with van der Waals surface area (Å²) in [5.74, 6) is 0. The Morgan fingerprint density at radius 2 is 2.00 bits per heavy atom. The van der Waals surface area contributed by atoms with Gasteiger partial charge in [0.2, 0.25) is 0 Å². The summed E-state index contributed by atoms with van der Waals surface area (Å²) in [5.41, 5.74) is 8.62. The van der Waals surface area contributed by atoms with Crippen LogP contribution in [0.4, 0.5) is 0 Å². The molecular formula is C15H26N2O. The SMILES string of the molecule is Cc1cccc(C(C(C)N)N(C)CCC(C)O)c1. The van der Waals surface area contributed by atoms with Gasteiger partial charge in [-0.1, -0.05) is 29.8 Å². The number of rotatable bonds is 6. The number of aliphatic hydroxyl groups excluding tert-OH is 1.